The predicted molar refractivity (Wildman–Crippen MR) is 90.7 cm³/mol. The number of urea groups is 1. The number of nitrogens with one attached hydrogen (secondary N) is 2. The van der Waals surface area contributed by atoms with Gasteiger partial charge in [-0.05, 0) is 29.4 Å². The Labute approximate surface area is 138 Å². The number of carbonyl (C=O) groups excluding carboxylic acids is 1. The highest BCUT2D eigenvalue weighted by atomic mass is 16.5. The van der Waals surface area contributed by atoms with Crippen LogP contribution in [-0.4, -0.2) is 39.5 Å². The SMILES string of the molecule is COCCOCCNC(=O)N[C@@H]1CCC(C)(C)c2ccccc21. The smallest absolute Gasteiger partial charge is 0.315 e. The summed E-state index contributed by atoms with van der Waals surface area (Å²) in [6.07, 6.45) is 2.02. The fraction of sp³-hybridized carbons (Fsp3) is 0.611. The summed E-state index contributed by atoms with van der Waals surface area (Å²) in [5.74, 6) is 0. The molecule has 5 heteroatoms. The van der Waals surface area contributed by atoms with Gasteiger partial charge in [-0.15, -0.1) is 0 Å². The van der Waals surface area contributed by atoms with Gasteiger partial charge in [-0.1, -0.05) is 38.1 Å². The number of methoxy groups -OCH3 is 1. The van der Waals surface area contributed by atoms with Crippen molar-refractivity contribution in [3.63, 3.8) is 0 Å². The molecule has 2 amide bonds. The van der Waals surface area contributed by atoms with E-state index in [0.29, 0.717) is 26.4 Å². The van der Waals surface area contributed by atoms with E-state index in [0.717, 1.165) is 12.8 Å². The number of benzene rings is 1. The predicted octanol–water partition coefficient (Wildman–Crippen LogP) is 2.76. The first-order chi connectivity index (χ1) is 11.0. The molecule has 1 atom stereocenters. The molecule has 0 saturated carbocycles. The minimum absolute atomic E-state index is 0.0774. The summed E-state index contributed by atoms with van der Waals surface area (Å²) in [6.45, 7) is 6.63. The van der Waals surface area contributed by atoms with Crippen molar-refractivity contribution in [3.8, 4) is 0 Å². The molecule has 23 heavy (non-hydrogen) atoms. The van der Waals surface area contributed by atoms with Crippen LogP contribution in [0.1, 0.15) is 43.9 Å². The van der Waals surface area contributed by atoms with Crippen LogP contribution in [0.2, 0.25) is 0 Å². The molecule has 2 N–H and O–H groups in total. The molecule has 0 spiro atoms. The summed E-state index contributed by atoms with van der Waals surface area (Å²) in [5, 5.41) is 5.93. The second kappa shape index (κ2) is 8.31. The van der Waals surface area contributed by atoms with E-state index in [4.69, 9.17) is 9.47 Å². The molecule has 0 fully saturated rings. The lowest BCUT2D eigenvalue weighted by molar-refractivity contribution is 0.0726. The van der Waals surface area contributed by atoms with Crippen LogP contribution in [0.5, 0.6) is 0 Å². The normalized spacial score (nSPS) is 19.0. The van der Waals surface area contributed by atoms with Crippen molar-refractivity contribution >= 4 is 6.03 Å². The Morgan fingerprint density at radius 3 is 2.83 bits per heavy atom. The molecule has 128 valence electrons. The van der Waals surface area contributed by atoms with E-state index >= 15 is 0 Å². The number of amides is 2. The maximum Gasteiger partial charge on any atom is 0.315 e. The Morgan fingerprint density at radius 2 is 2.04 bits per heavy atom. The summed E-state index contributed by atoms with van der Waals surface area (Å²) < 4.78 is 10.2. The van der Waals surface area contributed by atoms with Gasteiger partial charge in [0.2, 0.25) is 0 Å². The lowest BCUT2D eigenvalue weighted by atomic mass is 9.71. The molecule has 1 aliphatic rings. The summed E-state index contributed by atoms with van der Waals surface area (Å²) in [4.78, 5) is 12.1. The molecule has 0 aromatic heterocycles. The Kier molecular flexibility index (Phi) is 6.42. The highest BCUT2D eigenvalue weighted by molar-refractivity contribution is 5.74. The number of hydrogen-bond donors (Lipinski definition) is 2. The lowest BCUT2D eigenvalue weighted by Crippen LogP contribution is -2.42. The Hall–Kier alpha value is -1.59. The fourth-order valence-corrected chi connectivity index (χ4v) is 3.05. The van der Waals surface area contributed by atoms with Crippen molar-refractivity contribution in [2.45, 2.75) is 38.1 Å². The summed E-state index contributed by atoms with van der Waals surface area (Å²) in [6, 6.07) is 8.34. The minimum Gasteiger partial charge on any atom is -0.382 e. The number of carbonyl (C=O) groups is 1. The molecule has 1 aromatic rings. The van der Waals surface area contributed by atoms with Crippen LogP contribution in [0, 0.1) is 0 Å². The average molecular weight is 320 g/mol. The second-order valence-electron chi connectivity index (χ2n) is 6.57. The van der Waals surface area contributed by atoms with E-state index in [1.165, 1.54) is 11.1 Å². The van der Waals surface area contributed by atoms with Crippen molar-refractivity contribution in [2.75, 3.05) is 33.5 Å². The van der Waals surface area contributed by atoms with Crippen molar-refractivity contribution in [1.82, 2.24) is 10.6 Å². The van der Waals surface area contributed by atoms with Crippen LogP contribution in [0.25, 0.3) is 0 Å². The van der Waals surface area contributed by atoms with Crippen molar-refractivity contribution in [1.29, 1.82) is 0 Å². The Morgan fingerprint density at radius 1 is 1.26 bits per heavy atom. The maximum absolute atomic E-state index is 12.1. The first-order valence-corrected chi connectivity index (χ1v) is 8.25. The van der Waals surface area contributed by atoms with Crippen LogP contribution in [-0.2, 0) is 14.9 Å². The van der Waals surface area contributed by atoms with E-state index in [-0.39, 0.29) is 17.5 Å². The van der Waals surface area contributed by atoms with E-state index in [1.807, 2.05) is 6.07 Å². The number of fused-ring (bicyclic) bond motifs is 1. The quantitative estimate of drug-likeness (QED) is 0.760. The zero-order chi connectivity index (χ0) is 16.7. The molecule has 0 heterocycles. The molecular formula is C18H28N2O3. The van der Waals surface area contributed by atoms with Gasteiger partial charge in [0.05, 0.1) is 25.9 Å². The molecule has 0 unspecified atom stereocenters. The van der Waals surface area contributed by atoms with Gasteiger partial charge in [0.1, 0.15) is 0 Å². The topological polar surface area (TPSA) is 59.6 Å². The third kappa shape index (κ3) is 4.94. The third-order valence-corrected chi connectivity index (χ3v) is 4.39. The zero-order valence-electron chi connectivity index (χ0n) is 14.4. The van der Waals surface area contributed by atoms with Gasteiger partial charge in [0, 0.05) is 13.7 Å². The maximum atomic E-state index is 12.1. The largest absolute Gasteiger partial charge is 0.382 e. The molecule has 2 rings (SSSR count). The van der Waals surface area contributed by atoms with Gasteiger partial charge in [0.15, 0.2) is 0 Å². The van der Waals surface area contributed by atoms with E-state index in [9.17, 15) is 4.79 Å². The van der Waals surface area contributed by atoms with Gasteiger partial charge in [-0.2, -0.15) is 0 Å². The highest BCUT2D eigenvalue weighted by Gasteiger charge is 2.32. The first kappa shape index (κ1) is 17.8. The second-order valence-corrected chi connectivity index (χ2v) is 6.57. The van der Waals surface area contributed by atoms with Gasteiger partial charge in [-0.3, -0.25) is 0 Å². The molecule has 0 radical (unpaired) electrons. The van der Waals surface area contributed by atoms with Crippen LogP contribution in [0.3, 0.4) is 0 Å². The number of rotatable bonds is 7. The summed E-state index contributed by atoms with van der Waals surface area (Å²) >= 11 is 0. The molecule has 0 aliphatic heterocycles. The van der Waals surface area contributed by atoms with Crippen LogP contribution >= 0.6 is 0 Å². The molecule has 0 bridgehead atoms. The van der Waals surface area contributed by atoms with Gasteiger partial charge in [-0.25, -0.2) is 4.79 Å². The van der Waals surface area contributed by atoms with E-state index in [2.05, 4.69) is 42.7 Å². The standard InChI is InChI=1S/C18H28N2O3/c1-18(2)9-8-16(14-6-4-5-7-15(14)18)20-17(21)19-10-11-23-13-12-22-3/h4-7,16H,8-13H2,1-3H3,(H2,19,20,21)/t16-/m1/s1. The Bertz CT molecular complexity index is 517. The lowest BCUT2D eigenvalue weighted by Gasteiger charge is -2.37. The molecule has 0 saturated heterocycles. The van der Waals surface area contributed by atoms with Crippen molar-refractivity contribution in [2.24, 2.45) is 0 Å². The van der Waals surface area contributed by atoms with Gasteiger partial charge < -0.3 is 20.1 Å². The minimum atomic E-state index is -0.139. The average Bonchev–Trinajstić information content (AvgIpc) is 2.54. The molecular weight excluding hydrogens is 292 g/mol. The summed E-state index contributed by atoms with van der Waals surface area (Å²) in [7, 11) is 1.64. The Balaban J connectivity index is 1.83. The molecule has 5 nitrogen and oxygen atoms in total. The van der Waals surface area contributed by atoms with Crippen LogP contribution < -0.4 is 10.6 Å². The first-order valence-electron chi connectivity index (χ1n) is 8.25. The molecule has 1 aromatic carbocycles. The van der Waals surface area contributed by atoms with Crippen LogP contribution in [0.4, 0.5) is 4.79 Å². The van der Waals surface area contributed by atoms with E-state index in [1.54, 1.807) is 7.11 Å². The van der Waals surface area contributed by atoms with Gasteiger partial charge in [0.25, 0.3) is 0 Å². The third-order valence-electron chi connectivity index (χ3n) is 4.39. The van der Waals surface area contributed by atoms with E-state index < -0.39 is 0 Å². The summed E-state index contributed by atoms with van der Waals surface area (Å²) in [5.41, 5.74) is 2.73. The monoisotopic (exact) mass is 320 g/mol. The van der Waals surface area contributed by atoms with Crippen molar-refractivity contribution in [3.05, 3.63) is 35.4 Å². The van der Waals surface area contributed by atoms with Crippen molar-refractivity contribution < 1.29 is 14.3 Å². The number of ether oxygens (including phenoxy) is 2. The highest BCUT2D eigenvalue weighted by Crippen LogP contribution is 2.41. The number of hydrogen-bond acceptors (Lipinski definition) is 3. The molecule has 1 aliphatic carbocycles. The zero-order valence-corrected chi connectivity index (χ0v) is 14.4. The fourth-order valence-electron chi connectivity index (χ4n) is 3.05. The van der Waals surface area contributed by atoms with Crippen LogP contribution in [0.15, 0.2) is 24.3 Å². The van der Waals surface area contributed by atoms with Gasteiger partial charge >= 0.3 is 6.03 Å².